The fourth-order valence-corrected chi connectivity index (χ4v) is 3.44. The minimum Gasteiger partial charge on any atom is -0.472 e. The molecule has 1 aromatic rings. The van der Waals surface area contributed by atoms with E-state index in [9.17, 15) is 0 Å². The van der Waals surface area contributed by atoms with Crippen molar-refractivity contribution in [2.24, 2.45) is 5.41 Å². The zero-order valence-corrected chi connectivity index (χ0v) is 13.3. The van der Waals surface area contributed by atoms with E-state index in [1.165, 1.54) is 44.2 Å². The zero-order chi connectivity index (χ0) is 14.4. The fraction of sp³-hybridized carbons (Fsp3) is 0.765. The second-order valence-electron chi connectivity index (χ2n) is 6.90. The van der Waals surface area contributed by atoms with Crippen LogP contribution in [0.3, 0.4) is 0 Å². The molecule has 3 heteroatoms. The Morgan fingerprint density at radius 1 is 1.30 bits per heavy atom. The van der Waals surface area contributed by atoms with Gasteiger partial charge in [0.1, 0.15) is 0 Å². The van der Waals surface area contributed by atoms with E-state index in [4.69, 9.17) is 4.42 Å². The van der Waals surface area contributed by atoms with Crippen LogP contribution < -0.4 is 5.32 Å². The molecule has 0 bridgehead atoms. The van der Waals surface area contributed by atoms with Gasteiger partial charge in [-0.1, -0.05) is 33.1 Å². The zero-order valence-electron chi connectivity index (χ0n) is 13.3. The van der Waals surface area contributed by atoms with Crippen LogP contribution in [0.2, 0.25) is 0 Å². The van der Waals surface area contributed by atoms with Crippen molar-refractivity contribution >= 4 is 0 Å². The molecule has 0 aromatic carbocycles. The Morgan fingerprint density at radius 3 is 2.65 bits per heavy atom. The van der Waals surface area contributed by atoms with Crippen LogP contribution in [-0.2, 0) is 6.54 Å². The Morgan fingerprint density at radius 2 is 2.05 bits per heavy atom. The number of furan rings is 1. The predicted octanol–water partition coefficient (Wildman–Crippen LogP) is 3.66. The van der Waals surface area contributed by atoms with Crippen molar-refractivity contribution in [3.8, 4) is 0 Å². The molecule has 1 aliphatic rings. The van der Waals surface area contributed by atoms with E-state index < -0.39 is 0 Å². The first kappa shape index (κ1) is 15.6. The van der Waals surface area contributed by atoms with Gasteiger partial charge in [0, 0.05) is 31.2 Å². The van der Waals surface area contributed by atoms with Gasteiger partial charge in [-0.05, 0) is 31.4 Å². The van der Waals surface area contributed by atoms with Crippen LogP contribution in [0.1, 0.15) is 51.5 Å². The SMILES string of the molecule is CC(C)NCC1(CN(C)Cc2ccoc2)CCCCC1. The Balaban J connectivity index is 1.92. The molecule has 1 N–H and O–H groups in total. The van der Waals surface area contributed by atoms with Gasteiger partial charge in [-0.15, -0.1) is 0 Å². The minimum atomic E-state index is 0.459. The Bertz CT molecular complexity index is 366. The highest BCUT2D eigenvalue weighted by Crippen LogP contribution is 2.36. The van der Waals surface area contributed by atoms with Crippen molar-refractivity contribution in [1.82, 2.24) is 10.2 Å². The number of nitrogens with zero attached hydrogens (tertiary/aromatic N) is 1. The highest BCUT2D eigenvalue weighted by molar-refractivity contribution is 5.05. The maximum absolute atomic E-state index is 5.17. The van der Waals surface area contributed by atoms with E-state index in [1.807, 2.05) is 6.26 Å². The topological polar surface area (TPSA) is 28.4 Å². The van der Waals surface area contributed by atoms with E-state index in [1.54, 1.807) is 6.26 Å². The van der Waals surface area contributed by atoms with E-state index in [2.05, 4.69) is 37.2 Å². The minimum absolute atomic E-state index is 0.459. The summed E-state index contributed by atoms with van der Waals surface area (Å²) in [6.45, 7) is 7.80. The Labute approximate surface area is 123 Å². The molecule has 0 saturated heterocycles. The van der Waals surface area contributed by atoms with Crippen molar-refractivity contribution in [3.05, 3.63) is 24.2 Å². The predicted molar refractivity (Wildman–Crippen MR) is 83.7 cm³/mol. The molecule has 0 amide bonds. The van der Waals surface area contributed by atoms with Gasteiger partial charge < -0.3 is 14.6 Å². The van der Waals surface area contributed by atoms with E-state index >= 15 is 0 Å². The lowest BCUT2D eigenvalue weighted by atomic mass is 9.73. The van der Waals surface area contributed by atoms with Crippen LogP contribution in [0, 0.1) is 5.41 Å². The summed E-state index contributed by atoms with van der Waals surface area (Å²) in [6.07, 6.45) is 10.5. The number of hydrogen-bond donors (Lipinski definition) is 1. The van der Waals surface area contributed by atoms with Crippen LogP contribution in [0.5, 0.6) is 0 Å². The summed E-state index contributed by atoms with van der Waals surface area (Å²) in [5.74, 6) is 0. The van der Waals surface area contributed by atoms with Crippen LogP contribution in [-0.4, -0.2) is 31.1 Å². The molecule has 1 aromatic heterocycles. The monoisotopic (exact) mass is 278 g/mol. The molecule has 20 heavy (non-hydrogen) atoms. The summed E-state index contributed by atoms with van der Waals surface area (Å²) in [5.41, 5.74) is 1.73. The largest absolute Gasteiger partial charge is 0.472 e. The van der Waals surface area contributed by atoms with Crippen molar-refractivity contribution in [2.45, 2.75) is 58.5 Å². The van der Waals surface area contributed by atoms with Crippen molar-refractivity contribution < 1.29 is 4.42 Å². The third kappa shape index (κ3) is 4.64. The van der Waals surface area contributed by atoms with Crippen molar-refractivity contribution in [1.29, 1.82) is 0 Å². The van der Waals surface area contributed by atoms with Gasteiger partial charge in [0.05, 0.1) is 12.5 Å². The lowest BCUT2D eigenvalue weighted by molar-refractivity contribution is 0.111. The first-order valence-electron chi connectivity index (χ1n) is 8.03. The smallest absolute Gasteiger partial charge is 0.0947 e. The molecule has 0 unspecified atom stereocenters. The average molecular weight is 278 g/mol. The summed E-state index contributed by atoms with van der Waals surface area (Å²) >= 11 is 0. The van der Waals surface area contributed by atoms with Gasteiger partial charge in [-0.25, -0.2) is 0 Å². The lowest BCUT2D eigenvalue weighted by Gasteiger charge is -2.41. The average Bonchev–Trinajstić information content (AvgIpc) is 2.90. The van der Waals surface area contributed by atoms with E-state index in [0.717, 1.165) is 13.1 Å². The van der Waals surface area contributed by atoms with Crippen LogP contribution >= 0.6 is 0 Å². The summed E-state index contributed by atoms with van der Waals surface area (Å²) in [6, 6.07) is 2.64. The summed E-state index contributed by atoms with van der Waals surface area (Å²) in [7, 11) is 2.23. The molecule has 1 heterocycles. The quantitative estimate of drug-likeness (QED) is 0.825. The first-order valence-corrected chi connectivity index (χ1v) is 8.03. The van der Waals surface area contributed by atoms with Gasteiger partial charge in [0.2, 0.25) is 0 Å². The molecule has 114 valence electrons. The highest BCUT2D eigenvalue weighted by Gasteiger charge is 2.33. The molecule has 1 saturated carbocycles. The molecular formula is C17H30N2O. The van der Waals surface area contributed by atoms with Gasteiger partial charge in [0.25, 0.3) is 0 Å². The third-order valence-electron chi connectivity index (χ3n) is 4.44. The van der Waals surface area contributed by atoms with Crippen LogP contribution in [0.15, 0.2) is 23.0 Å². The van der Waals surface area contributed by atoms with Gasteiger partial charge >= 0.3 is 0 Å². The normalized spacial score (nSPS) is 18.9. The summed E-state index contributed by atoms with van der Waals surface area (Å²) in [5, 5.41) is 3.68. The van der Waals surface area contributed by atoms with Gasteiger partial charge in [-0.2, -0.15) is 0 Å². The number of rotatable bonds is 7. The van der Waals surface area contributed by atoms with Gasteiger partial charge in [0.15, 0.2) is 0 Å². The first-order chi connectivity index (χ1) is 9.60. The third-order valence-corrected chi connectivity index (χ3v) is 4.44. The van der Waals surface area contributed by atoms with E-state index in [0.29, 0.717) is 11.5 Å². The Hall–Kier alpha value is -0.800. The molecule has 0 aliphatic heterocycles. The van der Waals surface area contributed by atoms with Crippen LogP contribution in [0.25, 0.3) is 0 Å². The second kappa shape index (κ2) is 7.28. The molecule has 2 rings (SSSR count). The summed E-state index contributed by atoms with van der Waals surface area (Å²) in [4.78, 5) is 2.46. The Kier molecular flexibility index (Phi) is 5.67. The maximum Gasteiger partial charge on any atom is 0.0947 e. The second-order valence-corrected chi connectivity index (χ2v) is 6.90. The highest BCUT2D eigenvalue weighted by atomic mass is 16.3. The molecule has 0 atom stereocenters. The number of hydrogen-bond acceptors (Lipinski definition) is 3. The molecule has 1 aliphatic carbocycles. The van der Waals surface area contributed by atoms with Gasteiger partial charge in [-0.3, -0.25) is 0 Å². The van der Waals surface area contributed by atoms with Crippen molar-refractivity contribution in [3.63, 3.8) is 0 Å². The summed E-state index contributed by atoms with van der Waals surface area (Å²) < 4.78 is 5.17. The number of nitrogens with one attached hydrogen (secondary N) is 1. The molecule has 3 nitrogen and oxygen atoms in total. The molecule has 0 spiro atoms. The molecule has 1 fully saturated rings. The lowest BCUT2D eigenvalue weighted by Crippen LogP contribution is -2.45. The standard InChI is InChI=1S/C17H30N2O/c1-15(2)18-13-17(8-5-4-6-9-17)14-19(3)11-16-7-10-20-12-16/h7,10,12,15,18H,4-6,8-9,11,13-14H2,1-3H3. The molecule has 0 radical (unpaired) electrons. The van der Waals surface area contributed by atoms with Crippen LogP contribution in [0.4, 0.5) is 0 Å². The fourth-order valence-electron chi connectivity index (χ4n) is 3.44. The molecular weight excluding hydrogens is 248 g/mol. The maximum atomic E-state index is 5.17. The van der Waals surface area contributed by atoms with Crippen molar-refractivity contribution in [2.75, 3.05) is 20.1 Å². The van der Waals surface area contributed by atoms with E-state index in [-0.39, 0.29) is 0 Å².